The first kappa shape index (κ1) is 12.5. The molecule has 0 aliphatic carbocycles. The molecule has 100 valence electrons. The van der Waals surface area contributed by atoms with Gasteiger partial charge in [0, 0.05) is 25.4 Å². The van der Waals surface area contributed by atoms with E-state index in [4.69, 9.17) is 0 Å². The van der Waals surface area contributed by atoms with E-state index in [2.05, 4.69) is 21.7 Å². The largest absolute Gasteiger partial charge is 0.508 e. The Hall–Kier alpha value is -2.55. The number of benzene rings is 2. The maximum absolute atomic E-state index is 9.31. The first-order chi connectivity index (χ1) is 9.81. The number of aromatic hydroxyl groups is 1. The Balaban J connectivity index is 1.78. The summed E-state index contributed by atoms with van der Waals surface area (Å²) < 4.78 is 2.14. The van der Waals surface area contributed by atoms with Crippen molar-refractivity contribution in [1.82, 2.24) is 9.55 Å². The average Bonchev–Trinajstić information content (AvgIpc) is 2.90. The van der Waals surface area contributed by atoms with Crippen LogP contribution in [0.1, 0.15) is 17.0 Å². The topological polar surface area (TPSA) is 38.0 Å². The number of phenolic OH excluding ortho intramolecular Hbond substituents is 1. The quantitative estimate of drug-likeness (QED) is 0.785. The molecule has 0 spiro atoms. The molecule has 20 heavy (non-hydrogen) atoms. The molecule has 1 aromatic heterocycles. The van der Waals surface area contributed by atoms with E-state index in [1.165, 1.54) is 5.56 Å². The van der Waals surface area contributed by atoms with Crippen molar-refractivity contribution in [2.75, 3.05) is 0 Å². The van der Waals surface area contributed by atoms with Gasteiger partial charge in [0.15, 0.2) is 0 Å². The summed E-state index contributed by atoms with van der Waals surface area (Å²) >= 11 is 0. The van der Waals surface area contributed by atoms with E-state index in [9.17, 15) is 5.11 Å². The highest BCUT2D eigenvalue weighted by atomic mass is 16.3. The molecule has 2 aromatic carbocycles. The van der Waals surface area contributed by atoms with Gasteiger partial charge in [0.2, 0.25) is 0 Å². The van der Waals surface area contributed by atoms with E-state index in [0.29, 0.717) is 5.75 Å². The predicted molar refractivity (Wildman–Crippen MR) is 78.7 cm³/mol. The third-order valence-corrected chi connectivity index (χ3v) is 3.30. The number of imidazole rings is 1. The molecule has 3 aromatic rings. The molecule has 0 radical (unpaired) electrons. The van der Waals surface area contributed by atoms with Gasteiger partial charge in [-0.2, -0.15) is 0 Å². The highest BCUT2D eigenvalue weighted by Crippen LogP contribution is 2.13. The molecule has 3 nitrogen and oxygen atoms in total. The van der Waals surface area contributed by atoms with Gasteiger partial charge in [0.05, 0.1) is 0 Å². The van der Waals surface area contributed by atoms with Gasteiger partial charge in [-0.05, 0) is 23.3 Å². The summed E-state index contributed by atoms with van der Waals surface area (Å²) in [6.07, 6.45) is 4.65. The lowest BCUT2D eigenvalue weighted by molar-refractivity contribution is 0.475. The lowest BCUT2D eigenvalue weighted by Crippen LogP contribution is -2.05. The van der Waals surface area contributed by atoms with Gasteiger partial charge in [0.25, 0.3) is 0 Å². The van der Waals surface area contributed by atoms with E-state index < -0.39 is 0 Å². The molecule has 0 saturated heterocycles. The monoisotopic (exact) mass is 264 g/mol. The van der Waals surface area contributed by atoms with E-state index >= 15 is 0 Å². The van der Waals surface area contributed by atoms with Crippen molar-refractivity contribution >= 4 is 0 Å². The van der Waals surface area contributed by atoms with Crippen LogP contribution in [0.2, 0.25) is 0 Å². The Morgan fingerprint density at radius 3 is 2.40 bits per heavy atom. The second-order valence-corrected chi connectivity index (χ2v) is 4.80. The normalized spacial score (nSPS) is 10.6. The van der Waals surface area contributed by atoms with Crippen molar-refractivity contribution in [1.29, 1.82) is 0 Å². The second-order valence-electron chi connectivity index (χ2n) is 4.80. The van der Waals surface area contributed by atoms with Crippen LogP contribution in [0, 0.1) is 0 Å². The van der Waals surface area contributed by atoms with Crippen LogP contribution in [-0.2, 0) is 13.0 Å². The molecule has 0 bridgehead atoms. The molecular weight excluding hydrogens is 248 g/mol. The van der Waals surface area contributed by atoms with Crippen LogP contribution in [0.25, 0.3) is 0 Å². The van der Waals surface area contributed by atoms with Crippen molar-refractivity contribution in [3.8, 4) is 5.75 Å². The molecule has 1 heterocycles. The first-order valence-electron chi connectivity index (χ1n) is 6.63. The van der Waals surface area contributed by atoms with Gasteiger partial charge < -0.3 is 9.67 Å². The van der Waals surface area contributed by atoms with Gasteiger partial charge in [-0.3, -0.25) is 0 Å². The van der Waals surface area contributed by atoms with Crippen LogP contribution in [0.3, 0.4) is 0 Å². The van der Waals surface area contributed by atoms with E-state index in [1.807, 2.05) is 42.7 Å². The summed E-state index contributed by atoms with van der Waals surface area (Å²) in [5.41, 5.74) is 2.40. The SMILES string of the molecule is Oc1ccc(Cn2ccnc2Cc2ccccc2)cc1. The molecule has 0 aliphatic heterocycles. The Morgan fingerprint density at radius 1 is 0.900 bits per heavy atom. The predicted octanol–water partition coefficient (Wildman–Crippen LogP) is 3.23. The fraction of sp³-hybridized carbons (Fsp3) is 0.118. The zero-order valence-corrected chi connectivity index (χ0v) is 11.1. The molecule has 0 fully saturated rings. The van der Waals surface area contributed by atoms with Gasteiger partial charge >= 0.3 is 0 Å². The van der Waals surface area contributed by atoms with Crippen LogP contribution in [0.4, 0.5) is 0 Å². The first-order valence-corrected chi connectivity index (χ1v) is 6.63. The van der Waals surface area contributed by atoms with Gasteiger partial charge in [-0.25, -0.2) is 4.98 Å². The van der Waals surface area contributed by atoms with Crippen molar-refractivity contribution in [2.45, 2.75) is 13.0 Å². The maximum Gasteiger partial charge on any atom is 0.115 e. The summed E-state index contributed by atoms with van der Waals surface area (Å²) in [5.74, 6) is 1.34. The molecule has 0 unspecified atom stereocenters. The standard InChI is InChI=1S/C17H16N2O/c20-16-8-6-15(7-9-16)13-19-11-10-18-17(19)12-14-4-2-1-3-5-14/h1-11,20H,12-13H2. The molecule has 1 N–H and O–H groups in total. The summed E-state index contributed by atoms with van der Waals surface area (Å²) in [6, 6.07) is 17.6. The van der Waals surface area contributed by atoms with Gasteiger partial charge in [-0.15, -0.1) is 0 Å². The lowest BCUT2D eigenvalue weighted by atomic mass is 10.1. The third kappa shape index (κ3) is 2.88. The summed E-state index contributed by atoms with van der Waals surface area (Å²) in [6.45, 7) is 0.766. The third-order valence-electron chi connectivity index (χ3n) is 3.30. The minimum atomic E-state index is 0.295. The van der Waals surface area contributed by atoms with Crippen LogP contribution in [0.5, 0.6) is 5.75 Å². The smallest absolute Gasteiger partial charge is 0.115 e. The fourth-order valence-corrected chi connectivity index (χ4v) is 2.23. The van der Waals surface area contributed by atoms with Crippen molar-refractivity contribution in [3.05, 3.63) is 83.9 Å². The maximum atomic E-state index is 9.31. The molecule has 3 rings (SSSR count). The number of phenols is 1. The zero-order valence-electron chi connectivity index (χ0n) is 11.1. The Kier molecular flexibility index (Phi) is 3.50. The fourth-order valence-electron chi connectivity index (χ4n) is 2.23. The number of hydrogen-bond donors (Lipinski definition) is 1. The van der Waals surface area contributed by atoms with Crippen molar-refractivity contribution in [3.63, 3.8) is 0 Å². The summed E-state index contributed by atoms with van der Waals surface area (Å²) in [7, 11) is 0. The minimum Gasteiger partial charge on any atom is -0.508 e. The van der Waals surface area contributed by atoms with E-state index in [1.54, 1.807) is 12.1 Å². The average molecular weight is 264 g/mol. The zero-order chi connectivity index (χ0) is 13.8. The van der Waals surface area contributed by atoms with Crippen LogP contribution in [0.15, 0.2) is 67.0 Å². The van der Waals surface area contributed by atoms with Crippen LogP contribution < -0.4 is 0 Å². The van der Waals surface area contributed by atoms with E-state index in [-0.39, 0.29) is 0 Å². The highest BCUT2D eigenvalue weighted by Gasteiger charge is 2.04. The Morgan fingerprint density at radius 2 is 1.65 bits per heavy atom. The van der Waals surface area contributed by atoms with Crippen LogP contribution >= 0.6 is 0 Å². The summed E-state index contributed by atoms with van der Waals surface area (Å²) in [4.78, 5) is 4.44. The Labute approximate surface area is 118 Å². The molecular formula is C17H16N2O. The number of aromatic nitrogens is 2. The molecule has 0 amide bonds. The van der Waals surface area contributed by atoms with Crippen LogP contribution in [-0.4, -0.2) is 14.7 Å². The van der Waals surface area contributed by atoms with E-state index in [0.717, 1.165) is 24.4 Å². The molecule has 0 atom stereocenters. The van der Waals surface area contributed by atoms with Crippen molar-refractivity contribution in [2.24, 2.45) is 0 Å². The molecule has 0 saturated carbocycles. The Bertz CT molecular complexity index is 672. The number of nitrogens with zero attached hydrogens (tertiary/aromatic N) is 2. The number of rotatable bonds is 4. The second kappa shape index (κ2) is 5.61. The highest BCUT2D eigenvalue weighted by molar-refractivity contribution is 5.26. The van der Waals surface area contributed by atoms with Gasteiger partial charge in [0.1, 0.15) is 11.6 Å². The molecule has 0 aliphatic rings. The summed E-state index contributed by atoms with van der Waals surface area (Å²) in [5, 5.41) is 9.31. The molecule has 3 heteroatoms. The lowest BCUT2D eigenvalue weighted by Gasteiger charge is -2.08. The van der Waals surface area contributed by atoms with Gasteiger partial charge in [-0.1, -0.05) is 42.5 Å². The van der Waals surface area contributed by atoms with Crippen molar-refractivity contribution < 1.29 is 5.11 Å². The number of hydrogen-bond acceptors (Lipinski definition) is 2. The minimum absolute atomic E-state index is 0.295.